The number of benzene rings is 1. The van der Waals surface area contributed by atoms with Crippen molar-refractivity contribution in [2.24, 2.45) is 4.99 Å². The summed E-state index contributed by atoms with van der Waals surface area (Å²) in [5.41, 5.74) is 1.40. The molecule has 0 atom stereocenters. The summed E-state index contributed by atoms with van der Waals surface area (Å²) in [5.74, 6) is 0.887. The fourth-order valence-corrected chi connectivity index (χ4v) is 3.52. The van der Waals surface area contributed by atoms with Crippen LogP contribution in [0.1, 0.15) is 12.0 Å². The number of rotatable bonds is 12. The Bertz CT molecular complexity index is 566. The highest BCUT2D eigenvalue weighted by molar-refractivity contribution is 14.0. The minimum Gasteiger partial charge on any atom is -0.385 e. The van der Waals surface area contributed by atoms with Gasteiger partial charge in [-0.15, -0.1) is 24.0 Å². The predicted molar refractivity (Wildman–Crippen MR) is 137 cm³/mol. The first kappa shape index (κ1) is 27.1. The monoisotopic (exact) mass is 532 g/mol. The molecule has 1 saturated heterocycles. The second kappa shape index (κ2) is 16.7. The molecule has 172 valence electrons. The van der Waals surface area contributed by atoms with Crippen molar-refractivity contribution < 1.29 is 4.74 Å². The third-order valence-electron chi connectivity index (χ3n) is 5.33. The number of hydrogen-bond acceptors (Lipinski definition) is 5. The van der Waals surface area contributed by atoms with Gasteiger partial charge < -0.3 is 20.3 Å². The zero-order valence-corrected chi connectivity index (χ0v) is 21.3. The first-order valence-electron chi connectivity index (χ1n) is 10.8. The van der Waals surface area contributed by atoms with Crippen LogP contribution in [0.25, 0.3) is 0 Å². The molecule has 30 heavy (non-hydrogen) atoms. The van der Waals surface area contributed by atoms with Crippen molar-refractivity contribution in [1.29, 1.82) is 0 Å². The number of methoxy groups -OCH3 is 1. The van der Waals surface area contributed by atoms with Crippen molar-refractivity contribution in [3.8, 4) is 0 Å². The molecule has 1 aromatic rings. The number of nitrogens with one attached hydrogen (secondary N) is 2. The molecule has 1 heterocycles. The molecule has 8 heteroatoms. The minimum atomic E-state index is 0. The van der Waals surface area contributed by atoms with Crippen LogP contribution in [0, 0.1) is 0 Å². The fourth-order valence-electron chi connectivity index (χ4n) is 3.52. The zero-order chi connectivity index (χ0) is 20.7. The first-order valence-corrected chi connectivity index (χ1v) is 10.8. The molecule has 0 saturated carbocycles. The summed E-state index contributed by atoms with van der Waals surface area (Å²) in [7, 11) is 5.73. The maximum Gasteiger partial charge on any atom is 0.191 e. The van der Waals surface area contributed by atoms with E-state index in [1.54, 1.807) is 7.11 Å². The molecule has 0 bridgehead atoms. The van der Waals surface area contributed by atoms with E-state index in [0.29, 0.717) is 0 Å². The highest BCUT2D eigenvalue weighted by Gasteiger charge is 2.16. The van der Waals surface area contributed by atoms with E-state index in [4.69, 9.17) is 4.74 Å². The molecule has 2 N–H and O–H groups in total. The standard InChI is InChI=1S/C22H40N6O.HI/c1-23-22(24-10-13-26(2)12-7-19-29-3)25-11-14-27-15-17-28(18-16-27)20-21-8-5-4-6-9-21;/h4-6,8-9H,7,10-20H2,1-3H3,(H2,23,24,25);1H. The summed E-state index contributed by atoms with van der Waals surface area (Å²) in [6, 6.07) is 10.8. The van der Waals surface area contributed by atoms with Crippen molar-refractivity contribution in [3.63, 3.8) is 0 Å². The number of likely N-dealkylation sites (N-methyl/N-ethyl adjacent to an activating group) is 1. The van der Waals surface area contributed by atoms with Crippen LogP contribution in [0.2, 0.25) is 0 Å². The molecule has 0 spiro atoms. The van der Waals surface area contributed by atoms with Crippen LogP contribution < -0.4 is 10.6 Å². The predicted octanol–water partition coefficient (Wildman–Crippen LogP) is 1.56. The summed E-state index contributed by atoms with van der Waals surface area (Å²) in [5, 5.41) is 6.84. The van der Waals surface area contributed by atoms with Crippen LogP contribution >= 0.6 is 24.0 Å². The Morgan fingerprint density at radius 1 is 1.03 bits per heavy atom. The zero-order valence-electron chi connectivity index (χ0n) is 19.0. The summed E-state index contributed by atoms with van der Waals surface area (Å²) in [6.07, 6.45) is 1.07. The van der Waals surface area contributed by atoms with Crippen molar-refractivity contribution in [2.45, 2.75) is 13.0 Å². The van der Waals surface area contributed by atoms with Gasteiger partial charge in [-0.05, 0) is 19.0 Å². The lowest BCUT2D eigenvalue weighted by molar-refractivity contribution is 0.129. The molecule has 0 radical (unpaired) electrons. The van der Waals surface area contributed by atoms with Crippen LogP contribution in [0.4, 0.5) is 0 Å². The Balaban J connectivity index is 0.00000450. The van der Waals surface area contributed by atoms with Gasteiger partial charge >= 0.3 is 0 Å². The number of halogens is 1. The van der Waals surface area contributed by atoms with Gasteiger partial charge in [-0.25, -0.2) is 0 Å². The maximum absolute atomic E-state index is 5.10. The Kier molecular flexibility index (Phi) is 15.1. The van der Waals surface area contributed by atoms with E-state index in [1.165, 1.54) is 5.56 Å². The number of ether oxygens (including phenoxy) is 1. The van der Waals surface area contributed by atoms with E-state index in [-0.39, 0.29) is 24.0 Å². The van der Waals surface area contributed by atoms with Gasteiger partial charge in [0.1, 0.15) is 0 Å². The SMILES string of the molecule is CN=C(NCCN(C)CCCOC)NCCN1CCN(Cc2ccccc2)CC1.I. The van der Waals surface area contributed by atoms with Crippen LogP contribution in [0.5, 0.6) is 0 Å². The van der Waals surface area contributed by atoms with Crippen molar-refractivity contribution in [3.05, 3.63) is 35.9 Å². The average molecular weight is 533 g/mol. The summed E-state index contributed by atoms with van der Waals surface area (Å²) in [6.45, 7) is 11.3. The average Bonchev–Trinajstić information content (AvgIpc) is 2.75. The minimum absolute atomic E-state index is 0. The maximum atomic E-state index is 5.10. The van der Waals surface area contributed by atoms with E-state index >= 15 is 0 Å². The van der Waals surface area contributed by atoms with Gasteiger partial charge in [0.25, 0.3) is 0 Å². The van der Waals surface area contributed by atoms with Crippen LogP contribution in [0.15, 0.2) is 35.3 Å². The van der Waals surface area contributed by atoms with Gasteiger partial charge in [0.2, 0.25) is 0 Å². The van der Waals surface area contributed by atoms with Gasteiger partial charge in [-0.3, -0.25) is 14.8 Å². The molecule has 0 unspecified atom stereocenters. The quantitative estimate of drug-likeness (QED) is 0.185. The molecule has 1 aromatic carbocycles. The van der Waals surface area contributed by atoms with E-state index in [2.05, 4.69) is 67.7 Å². The molecular formula is C22H41IN6O. The Labute approximate surface area is 200 Å². The molecule has 0 amide bonds. The Morgan fingerprint density at radius 2 is 1.70 bits per heavy atom. The summed E-state index contributed by atoms with van der Waals surface area (Å²) in [4.78, 5) is 11.7. The van der Waals surface area contributed by atoms with Gasteiger partial charge in [0.05, 0.1) is 0 Å². The normalized spacial score (nSPS) is 15.8. The van der Waals surface area contributed by atoms with Gasteiger partial charge in [0.15, 0.2) is 5.96 Å². The van der Waals surface area contributed by atoms with Gasteiger partial charge in [-0.1, -0.05) is 30.3 Å². The molecular weight excluding hydrogens is 491 g/mol. The number of piperazine rings is 1. The summed E-state index contributed by atoms with van der Waals surface area (Å²) >= 11 is 0. The topological polar surface area (TPSA) is 55.4 Å². The van der Waals surface area contributed by atoms with E-state index in [0.717, 1.165) is 84.4 Å². The van der Waals surface area contributed by atoms with E-state index < -0.39 is 0 Å². The smallest absolute Gasteiger partial charge is 0.191 e. The van der Waals surface area contributed by atoms with Crippen molar-refractivity contribution in [2.75, 3.05) is 86.7 Å². The van der Waals surface area contributed by atoms with Gasteiger partial charge in [-0.2, -0.15) is 0 Å². The van der Waals surface area contributed by atoms with Crippen LogP contribution in [-0.2, 0) is 11.3 Å². The third kappa shape index (κ3) is 11.5. The number of guanidine groups is 1. The first-order chi connectivity index (χ1) is 14.2. The number of hydrogen-bond donors (Lipinski definition) is 2. The molecule has 1 aliphatic rings. The lowest BCUT2D eigenvalue weighted by Crippen LogP contribution is -2.49. The highest BCUT2D eigenvalue weighted by Crippen LogP contribution is 2.07. The lowest BCUT2D eigenvalue weighted by atomic mass is 10.2. The van der Waals surface area contributed by atoms with Crippen molar-refractivity contribution in [1.82, 2.24) is 25.3 Å². The lowest BCUT2D eigenvalue weighted by Gasteiger charge is -2.34. The second-order valence-electron chi connectivity index (χ2n) is 7.68. The number of nitrogens with zero attached hydrogens (tertiary/aromatic N) is 4. The molecule has 1 fully saturated rings. The van der Waals surface area contributed by atoms with Crippen molar-refractivity contribution >= 4 is 29.9 Å². The number of aliphatic imine (C=N–C) groups is 1. The third-order valence-corrected chi connectivity index (χ3v) is 5.33. The van der Waals surface area contributed by atoms with E-state index in [1.807, 2.05) is 7.05 Å². The molecule has 0 aliphatic carbocycles. The Hall–Kier alpha value is -0.940. The Morgan fingerprint density at radius 3 is 2.37 bits per heavy atom. The van der Waals surface area contributed by atoms with Crippen LogP contribution in [0.3, 0.4) is 0 Å². The largest absolute Gasteiger partial charge is 0.385 e. The van der Waals surface area contributed by atoms with Gasteiger partial charge in [0, 0.05) is 86.2 Å². The van der Waals surface area contributed by atoms with Crippen LogP contribution in [-0.4, -0.2) is 107 Å². The molecule has 1 aliphatic heterocycles. The second-order valence-corrected chi connectivity index (χ2v) is 7.68. The molecule has 7 nitrogen and oxygen atoms in total. The molecule has 0 aromatic heterocycles. The fraction of sp³-hybridized carbons (Fsp3) is 0.682. The summed E-state index contributed by atoms with van der Waals surface area (Å²) < 4.78 is 5.10. The van der Waals surface area contributed by atoms with E-state index in [9.17, 15) is 0 Å². The molecule has 2 rings (SSSR count). The highest BCUT2D eigenvalue weighted by atomic mass is 127.